The minimum Gasteiger partial charge on any atom is -0.266 e. The predicted molar refractivity (Wildman–Crippen MR) is 87.1 cm³/mol. The average molecular weight is 332 g/mol. The summed E-state index contributed by atoms with van der Waals surface area (Å²) in [6.45, 7) is 2.34. The molecule has 23 heavy (non-hydrogen) atoms. The minimum absolute atomic E-state index is 0.0546. The molecule has 2 aromatic carbocycles. The van der Waals surface area contributed by atoms with Crippen LogP contribution in [0.3, 0.4) is 0 Å². The quantitative estimate of drug-likeness (QED) is 0.639. The van der Waals surface area contributed by atoms with Gasteiger partial charge in [0.1, 0.15) is 0 Å². The third-order valence-corrected chi connectivity index (χ3v) is 5.87. The van der Waals surface area contributed by atoms with Crippen molar-refractivity contribution in [3.05, 3.63) is 63.7 Å². The Morgan fingerprint density at radius 1 is 1.17 bits per heavy atom. The molecule has 120 valence electrons. The lowest BCUT2D eigenvalue weighted by molar-refractivity contribution is -0.385. The molecule has 0 aliphatic carbocycles. The highest BCUT2D eigenvalue weighted by Crippen LogP contribution is 2.34. The van der Waals surface area contributed by atoms with E-state index in [-0.39, 0.29) is 10.6 Å². The zero-order valence-corrected chi connectivity index (χ0v) is 13.4. The zero-order chi connectivity index (χ0) is 16.6. The number of benzene rings is 2. The minimum atomic E-state index is -3.82. The maximum atomic E-state index is 12.9. The maximum Gasteiger partial charge on any atom is 0.270 e. The zero-order valence-electron chi connectivity index (χ0n) is 12.6. The number of rotatable bonds is 3. The lowest BCUT2D eigenvalue weighted by Crippen LogP contribution is -2.35. The second kappa shape index (κ2) is 5.66. The Morgan fingerprint density at radius 3 is 2.65 bits per heavy atom. The van der Waals surface area contributed by atoms with Gasteiger partial charge in [-0.2, -0.15) is 0 Å². The molecule has 0 aromatic heterocycles. The molecule has 0 saturated heterocycles. The summed E-state index contributed by atoms with van der Waals surface area (Å²) in [4.78, 5) is 10.3. The van der Waals surface area contributed by atoms with Crippen molar-refractivity contribution in [3.8, 4) is 0 Å². The van der Waals surface area contributed by atoms with Crippen LogP contribution in [-0.4, -0.2) is 19.9 Å². The Labute approximate surface area is 134 Å². The molecule has 3 rings (SSSR count). The molecule has 1 aliphatic heterocycles. The number of nitro benzene ring substituents is 1. The van der Waals surface area contributed by atoms with E-state index < -0.39 is 14.9 Å². The monoisotopic (exact) mass is 332 g/mol. The van der Waals surface area contributed by atoms with Crippen molar-refractivity contribution in [2.75, 3.05) is 10.8 Å². The Hall–Kier alpha value is -2.41. The van der Waals surface area contributed by atoms with Crippen LogP contribution < -0.4 is 4.31 Å². The van der Waals surface area contributed by atoms with E-state index in [1.54, 1.807) is 6.07 Å². The summed E-state index contributed by atoms with van der Waals surface area (Å²) >= 11 is 0. The van der Waals surface area contributed by atoms with E-state index in [4.69, 9.17) is 0 Å². The summed E-state index contributed by atoms with van der Waals surface area (Å²) in [6.07, 6.45) is 1.56. The predicted octanol–water partition coefficient (Wildman–Crippen LogP) is 3.04. The normalized spacial score (nSPS) is 14.4. The standard InChI is InChI=1S/C16H16N2O4S/c1-12-5-2-9-16-15(12)8-4-10-17(16)23(21,22)14-7-3-6-13(11-14)18(19)20/h2-3,5-7,9,11H,4,8,10H2,1H3. The molecular weight excluding hydrogens is 316 g/mol. The number of aryl methyl sites for hydroxylation is 1. The summed E-state index contributed by atoms with van der Waals surface area (Å²) < 4.78 is 27.2. The summed E-state index contributed by atoms with van der Waals surface area (Å²) in [5.41, 5.74) is 2.52. The van der Waals surface area contributed by atoms with Gasteiger partial charge >= 0.3 is 0 Å². The van der Waals surface area contributed by atoms with E-state index in [0.717, 1.165) is 30.0 Å². The first-order valence-corrected chi connectivity index (χ1v) is 8.71. The van der Waals surface area contributed by atoms with Crippen molar-refractivity contribution in [1.29, 1.82) is 0 Å². The molecule has 0 spiro atoms. The number of fused-ring (bicyclic) bond motifs is 1. The van der Waals surface area contributed by atoms with Gasteiger partial charge < -0.3 is 0 Å². The number of hydrogen-bond acceptors (Lipinski definition) is 4. The van der Waals surface area contributed by atoms with Crippen molar-refractivity contribution < 1.29 is 13.3 Å². The Balaban J connectivity index is 2.10. The van der Waals surface area contributed by atoms with Gasteiger partial charge in [0.15, 0.2) is 0 Å². The van der Waals surface area contributed by atoms with E-state index in [1.807, 2.05) is 19.1 Å². The van der Waals surface area contributed by atoms with Crippen molar-refractivity contribution in [2.24, 2.45) is 0 Å². The molecule has 0 atom stereocenters. The number of non-ortho nitro benzene ring substituents is 1. The number of nitrogens with zero attached hydrogens (tertiary/aromatic N) is 2. The summed E-state index contributed by atoms with van der Waals surface area (Å²) in [7, 11) is -3.82. The molecule has 0 unspecified atom stereocenters. The van der Waals surface area contributed by atoms with Crippen LogP contribution in [0, 0.1) is 17.0 Å². The van der Waals surface area contributed by atoms with Crippen molar-refractivity contribution in [3.63, 3.8) is 0 Å². The van der Waals surface area contributed by atoms with Crippen LogP contribution in [0.25, 0.3) is 0 Å². The molecule has 7 heteroatoms. The molecule has 6 nitrogen and oxygen atoms in total. The van der Waals surface area contributed by atoms with Gasteiger partial charge in [-0.25, -0.2) is 8.42 Å². The largest absolute Gasteiger partial charge is 0.270 e. The Kier molecular flexibility index (Phi) is 3.81. The fourth-order valence-corrected chi connectivity index (χ4v) is 4.47. The number of hydrogen-bond donors (Lipinski definition) is 0. The summed E-state index contributed by atoms with van der Waals surface area (Å²) in [5.74, 6) is 0. The second-order valence-corrected chi connectivity index (χ2v) is 7.37. The number of sulfonamides is 1. The molecule has 0 radical (unpaired) electrons. The molecule has 1 heterocycles. The van der Waals surface area contributed by atoms with Crippen molar-refractivity contribution in [2.45, 2.75) is 24.7 Å². The topological polar surface area (TPSA) is 80.5 Å². The molecule has 1 aliphatic rings. The van der Waals surface area contributed by atoms with E-state index in [0.29, 0.717) is 12.2 Å². The first-order chi connectivity index (χ1) is 10.9. The van der Waals surface area contributed by atoms with Gasteiger partial charge in [0, 0.05) is 18.7 Å². The van der Waals surface area contributed by atoms with Gasteiger partial charge in [-0.3, -0.25) is 14.4 Å². The van der Waals surface area contributed by atoms with E-state index in [1.165, 1.54) is 22.5 Å². The fraction of sp³-hybridized carbons (Fsp3) is 0.250. The molecule has 2 aromatic rings. The third-order valence-electron chi connectivity index (χ3n) is 4.06. The van der Waals surface area contributed by atoms with Crippen molar-refractivity contribution in [1.82, 2.24) is 0 Å². The van der Waals surface area contributed by atoms with E-state index in [9.17, 15) is 18.5 Å². The third kappa shape index (κ3) is 2.68. The molecule has 0 saturated carbocycles. The van der Waals surface area contributed by atoms with Gasteiger partial charge in [-0.05, 0) is 43.0 Å². The van der Waals surface area contributed by atoms with Gasteiger partial charge in [0.25, 0.3) is 15.7 Å². The highest BCUT2D eigenvalue weighted by Gasteiger charge is 2.30. The van der Waals surface area contributed by atoms with Gasteiger partial charge in [-0.1, -0.05) is 18.2 Å². The van der Waals surface area contributed by atoms with Crippen LogP contribution in [0.4, 0.5) is 11.4 Å². The van der Waals surface area contributed by atoms with Crippen molar-refractivity contribution >= 4 is 21.4 Å². The first-order valence-electron chi connectivity index (χ1n) is 7.27. The molecule has 0 N–H and O–H groups in total. The average Bonchev–Trinajstić information content (AvgIpc) is 2.55. The summed E-state index contributed by atoms with van der Waals surface area (Å²) in [6, 6.07) is 10.8. The lowest BCUT2D eigenvalue weighted by Gasteiger charge is -2.31. The van der Waals surface area contributed by atoms with E-state index in [2.05, 4.69) is 0 Å². The van der Waals surface area contributed by atoms with Crippen LogP contribution in [0.5, 0.6) is 0 Å². The highest BCUT2D eigenvalue weighted by molar-refractivity contribution is 7.92. The summed E-state index contributed by atoms with van der Waals surface area (Å²) in [5, 5.41) is 10.9. The lowest BCUT2D eigenvalue weighted by atomic mass is 9.99. The van der Waals surface area contributed by atoms with Gasteiger partial charge in [0.2, 0.25) is 0 Å². The van der Waals surface area contributed by atoms with Gasteiger partial charge in [0.05, 0.1) is 15.5 Å². The SMILES string of the molecule is Cc1cccc2c1CCCN2S(=O)(=O)c1cccc([N+](=O)[O-])c1. The first kappa shape index (κ1) is 15.5. The van der Waals surface area contributed by atoms with Crippen LogP contribution in [0.1, 0.15) is 17.5 Å². The second-order valence-electron chi connectivity index (χ2n) is 5.51. The molecule has 0 amide bonds. The molecule has 0 fully saturated rings. The number of anilines is 1. The van der Waals surface area contributed by atoms with Gasteiger partial charge in [-0.15, -0.1) is 0 Å². The van der Waals surface area contributed by atoms with Crippen LogP contribution >= 0.6 is 0 Å². The van der Waals surface area contributed by atoms with Crippen LogP contribution in [0.15, 0.2) is 47.4 Å². The highest BCUT2D eigenvalue weighted by atomic mass is 32.2. The maximum absolute atomic E-state index is 12.9. The molecular formula is C16H16N2O4S. The van der Waals surface area contributed by atoms with E-state index >= 15 is 0 Å². The Morgan fingerprint density at radius 2 is 1.91 bits per heavy atom. The van der Waals surface area contributed by atoms with Crippen LogP contribution in [-0.2, 0) is 16.4 Å². The smallest absolute Gasteiger partial charge is 0.266 e. The Bertz CT molecular complexity index is 877. The molecule has 0 bridgehead atoms. The fourth-order valence-electron chi connectivity index (χ4n) is 2.90. The number of nitro groups is 1. The van der Waals surface area contributed by atoms with Crippen LogP contribution in [0.2, 0.25) is 0 Å².